The molecule has 118 valence electrons. The van der Waals surface area contributed by atoms with Crippen LogP contribution in [0.15, 0.2) is 53.3 Å². The summed E-state index contributed by atoms with van der Waals surface area (Å²) in [4.78, 5) is 1.10. The molecule has 0 unspecified atom stereocenters. The molecule has 1 aromatic carbocycles. The molecule has 1 aromatic heterocycles. The van der Waals surface area contributed by atoms with Crippen LogP contribution in [0.1, 0.15) is 4.88 Å². The van der Waals surface area contributed by atoms with Crippen molar-refractivity contribution in [2.24, 2.45) is 0 Å². The van der Waals surface area contributed by atoms with Crippen LogP contribution >= 0.6 is 22.9 Å². The summed E-state index contributed by atoms with van der Waals surface area (Å²) < 4.78 is 32.0. The molecule has 2 rings (SSSR count). The van der Waals surface area contributed by atoms with Crippen molar-refractivity contribution in [2.75, 3.05) is 13.7 Å². The summed E-state index contributed by atoms with van der Waals surface area (Å²) in [7, 11) is -2.18. The third-order valence-electron chi connectivity index (χ3n) is 3.01. The standard InChI is InChI=1S/C15H16ClNO3S2/c1-3-8-17(11-12-5-4-9-21-12)22(18,19)13-6-7-15(20-2)14(16)10-13/h3-7,9-10H,1,8,11H2,2H3. The Kier molecular flexibility index (Phi) is 5.63. The fourth-order valence-corrected chi connectivity index (χ4v) is 4.46. The van der Waals surface area contributed by atoms with Gasteiger partial charge >= 0.3 is 0 Å². The van der Waals surface area contributed by atoms with Crippen LogP contribution in [-0.4, -0.2) is 26.4 Å². The van der Waals surface area contributed by atoms with Gasteiger partial charge in [0.1, 0.15) is 5.75 Å². The number of thiophene rings is 1. The van der Waals surface area contributed by atoms with Crippen molar-refractivity contribution in [1.29, 1.82) is 0 Å². The topological polar surface area (TPSA) is 46.6 Å². The van der Waals surface area contributed by atoms with E-state index in [4.69, 9.17) is 16.3 Å². The number of rotatable bonds is 7. The summed E-state index contributed by atoms with van der Waals surface area (Å²) in [5.74, 6) is 0.439. The Bertz CT molecular complexity index is 742. The minimum Gasteiger partial charge on any atom is -0.495 e. The Balaban J connectivity index is 2.36. The zero-order chi connectivity index (χ0) is 16.2. The molecule has 0 saturated heterocycles. The number of nitrogens with zero attached hydrogens (tertiary/aromatic N) is 1. The quantitative estimate of drug-likeness (QED) is 0.708. The van der Waals surface area contributed by atoms with Gasteiger partial charge in [-0.2, -0.15) is 4.31 Å². The molecule has 2 aromatic rings. The number of sulfonamides is 1. The van der Waals surface area contributed by atoms with Crippen molar-refractivity contribution in [3.8, 4) is 5.75 Å². The lowest BCUT2D eigenvalue weighted by Crippen LogP contribution is -2.30. The summed E-state index contributed by atoms with van der Waals surface area (Å²) >= 11 is 7.55. The van der Waals surface area contributed by atoms with Gasteiger partial charge in [-0.25, -0.2) is 8.42 Å². The van der Waals surface area contributed by atoms with Gasteiger partial charge in [-0.15, -0.1) is 17.9 Å². The SMILES string of the molecule is C=CCN(Cc1cccs1)S(=O)(=O)c1ccc(OC)c(Cl)c1. The van der Waals surface area contributed by atoms with E-state index in [-0.39, 0.29) is 16.5 Å². The largest absolute Gasteiger partial charge is 0.495 e. The number of hydrogen-bond acceptors (Lipinski definition) is 4. The zero-order valence-corrected chi connectivity index (χ0v) is 14.4. The molecule has 1 heterocycles. The molecular formula is C15H16ClNO3S2. The maximum atomic E-state index is 12.8. The van der Waals surface area contributed by atoms with Gasteiger partial charge in [0.05, 0.1) is 17.0 Å². The van der Waals surface area contributed by atoms with Crippen LogP contribution < -0.4 is 4.74 Å². The van der Waals surface area contributed by atoms with Gasteiger partial charge in [0.25, 0.3) is 0 Å². The highest BCUT2D eigenvalue weighted by Gasteiger charge is 2.24. The Labute approximate surface area is 139 Å². The number of benzene rings is 1. The maximum absolute atomic E-state index is 12.8. The highest BCUT2D eigenvalue weighted by molar-refractivity contribution is 7.89. The van der Waals surface area contributed by atoms with Gasteiger partial charge in [0, 0.05) is 18.0 Å². The average molecular weight is 358 g/mol. The summed E-state index contributed by atoms with van der Waals surface area (Å²) in [6.07, 6.45) is 1.57. The normalized spacial score (nSPS) is 11.6. The van der Waals surface area contributed by atoms with Crippen LogP contribution in [0, 0.1) is 0 Å². The molecule has 0 saturated carbocycles. The Morgan fingerprint density at radius 2 is 2.18 bits per heavy atom. The number of halogens is 1. The van der Waals surface area contributed by atoms with Crippen molar-refractivity contribution >= 4 is 33.0 Å². The van der Waals surface area contributed by atoms with E-state index in [0.29, 0.717) is 12.3 Å². The number of methoxy groups -OCH3 is 1. The van der Waals surface area contributed by atoms with Crippen molar-refractivity contribution in [1.82, 2.24) is 4.31 Å². The molecule has 0 amide bonds. The molecule has 0 aliphatic heterocycles. The monoisotopic (exact) mass is 357 g/mol. The van der Waals surface area contributed by atoms with Gasteiger partial charge in [0.15, 0.2) is 0 Å². The summed E-state index contributed by atoms with van der Waals surface area (Å²) in [5, 5.41) is 2.18. The molecule has 0 aliphatic rings. The Morgan fingerprint density at radius 1 is 1.41 bits per heavy atom. The van der Waals surface area contributed by atoms with E-state index in [0.717, 1.165) is 4.88 Å². The maximum Gasteiger partial charge on any atom is 0.243 e. The zero-order valence-electron chi connectivity index (χ0n) is 12.0. The second-order valence-electron chi connectivity index (χ2n) is 4.46. The van der Waals surface area contributed by atoms with Crippen molar-refractivity contribution in [2.45, 2.75) is 11.4 Å². The smallest absolute Gasteiger partial charge is 0.243 e. The van der Waals surface area contributed by atoms with Gasteiger partial charge in [-0.05, 0) is 29.6 Å². The van der Waals surface area contributed by atoms with E-state index in [2.05, 4.69) is 6.58 Å². The molecule has 0 spiro atoms. The number of ether oxygens (including phenoxy) is 1. The fraction of sp³-hybridized carbons (Fsp3) is 0.200. The second-order valence-corrected chi connectivity index (χ2v) is 7.84. The van der Waals surface area contributed by atoms with Gasteiger partial charge in [-0.1, -0.05) is 23.7 Å². The first-order valence-electron chi connectivity index (χ1n) is 6.46. The van der Waals surface area contributed by atoms with E-state index in [1.54, 1.807) is 12.1 Å². The summed E-state index contributed by atoms with van der Waals surface area (Å²) in [6.45, 7) is 4.16. The van der Waals surface area contributed by atoms with E-state index in [1.165, 1.54) is 34.9 Å². The van der Waals surface area contributed by atoms with E-state index < -0.39 is 10.0 Å². The number of hydrogen-bond donors (Lipinski definition) is 0. The first kappa shape index (κ1) is 17.0. The molecule has 0 radical (unpaired) electrons. The Hall–Kier alpha value is -1.34. The minimum absolute atomic E-state index is 0.136. The van der Waals surface area contributed by atoms with E-state index in [1.807, 2.05) is 17.5 Å². The molecule has 4 nitrogen and oxygen atoms in total. The van der Waals surface area contributed by atoms with Gasteiger partial charge < -0.3 is 4.74 Å². The lowest BCUT2D eigenvalue weighted by molar-refractivity contribution is 0.414. The summed E-state index contributed by atoms with van der Waals surface area (Å²) in [5.41, 5.74) is 0. The molecular weight excluding hydrogens is 342 g/mol. The lowest BCUT2D eigenvalue weighted by Gasteiger charge is -2.20. The third kappa shape index (κ3) is 3.70. The molecule has 22 heavy (non-hydrogen) atoms. The van der Waals surface area contributed by atoms with Crippen LogP contribution in [0.5, 0.6) is 5.75 Å². The van der Waals surface area contributed by atoms with Crippen LogP contribution in [0.3, 0.4) is 0 Å². The Morgan fingerprint density at radius 3 is 2.73 bits per heavy atom. The lowest BCUT2D eigenvalue weighted by atomic mass is 10.3. The molecule has 0 N–H and O–H groups in total. The first-order chi connectivity index (χ1) is 10.5. The van der Waals surface area contributed by atoms with Gasteiger partial charge in [0.2, 0.25) is 10.0 Å². The molecule has 0 aliphatic carbocycles. The molecule has 0 fully saturated rings. The van der Waals surface area contributed by atoms with E-state index >= 15 is 0 Å². The highest BCUT2D eigenvalue weighted by atomic mass is 35.5. The first-order valence-corrected chi connectivity index (χ1v) is 9.15. The summed E-state index contributed by atoms with van der Waals surface area (Å²) in [6, 6.07) is 8.23. The van der Waals surface area contributed by atoms with Gasteiger partial charge in [-0.3, -0.25) is 0 Å². The van der Waals surface area contributed by atoms with Crippen LogP contribution in [0.4, 0.5) is 0 Å². The minimum atomic E-state index is -3.66. The van der Waals surface area contributed by atoms with E-state index in [9.17, 15) is 8.42 Å². The van der Waals surface area contributed by atoms with Crippen LogP contribution in [0.25, 0.3) is 0 Å². The third-order valence-corrected chi connectivity index (χ3v) is 5.97. The fourth-order valence-electron chi connectivity index (χ4n) is 1.92. The molecule has 7 heteroatoms. The second kappa shape index (κ2) is 7.28. The molecule has 0 bridgehead atoms. The highest BCUT2D eigenvalue weighted by Crippen LogP contribution is 2.29. The van der Waals surface area contributed by atoms with Crippen LogP contribution in [0.2, 0.25) is 5.02 Å². The predicted molar refractivity (Wildman–Crippen MR) is 90.1 cm³/mol. The molecule has 0 atom stereocenters. The average Bonchev–Trinajstić information content (AvgIpc) is 2.99. The predicted octanol–water partition coefficient (Wildman–Crippen LogP) is 3.79. The van der Waals surface area contributed by atoms with Crippen molar-refractivity contribution in [3.63, 3.8) is 0 Å². The van der Waals surface area contributed by atoms with Crippen molar-refractivity contribution < 1.29 is 13.2 Å². The van der Waals surface area contributed by atoms with Crippen LogP contribution in [-0.2, 0) is 16.6 Å². The van der Waals surface area contributed by atoms with Crippen molar-refractivity contribution in [3.05, 3.63) is 58.3 Å².